The molecule has 3 amide bonds. The third kappa shape index (κ3) is 8.30. The fourth-order valence-corrected chi connectivity index (χ4v) is 1.27. The fourth-order valence-electron chi connectivity index (χ4n) is 1.27. The molecule has 2 unspecified atom stereocenters. The molecule has 8 heteroatoms. The highest BCUT2D eigenvalue weighted by atomic mass is 16.5. The van der Waals surface area contributed by atoms with Crippen molar-refractivity contribution in [3.8, 4) is 0 Å². The first-order chi connectivity index (χ1) is 9.38. The minimum atomic E-state index is -0.977. The van der Waals surface area contributed by atoms with Gasteiger partial charge in [0.25, 0.3) is 0 Å². The topological polar surface area (TPSA) is 117 Å². The standard InChI is InChI=1S/C12H23N3O5/c1-8(11(17)18)9(2)15-12(19)14-5-4-10(16)13-6-7-20-3/h8-9H,4-7H2,1-3H3,(H,13,16)(H,17,18)(H2,14,15,19). The van der Waals surface area contributed by atoms with Gasteiger partial charge in [0, 0.05) is 32.7 Å². The Labute approximate surface area is 118 Å². The normalized spacial score (nSPS) is 13.2. The Hall–Kier alpha value is -1.83. The summed E-state index contributed by atoms with van der Waals surface area (Å²) in [7, 11) is 1.54. The SMILES string of the molecule is COCCNC(=O)CCNC(=O)NC(C)C(C)C(=O)O. The van der Waals surface area contributed by atoms with E-state index < -0.39 is 24.0 Å². The molecule has 116 valence electrons. The summed E-state index contributed by atoms with van der Waals surface area (Å²) in [5.74, 6) is -1.84. The Kier molecular flexibility index (Phi) is 9.10. The van der Waals surface area contributed by atoms with E-state index >= 15 is 0 Å². The molecule has 0 spiro atoms. The maximum absolute atomic E-state index is 11.5. The molecule has 0 aromatic rings. The monoisotopic (exact) mass is 289 g/mol. The van der Waals surface area contributed by atoms with Crippen molar-refractivity contribution in [3.05, 3.63) is 0 Å². The molecule has 0 radical (unpaired) electrons. The van der Waals surface area contributed by atoms with E-state index in [9.17, 15) is 14.4 Å². The number of hydrogen-bond acceptors (Lipinski definition) is 4. The number of carboxylic acid groups (broad SMARTS) is 1. The smallest absolute Gasteiger partial charge is 0.315 e. The number of amides is 3. The van der Waals surface area contributed by atoms with Crippen LogP contribution < -0.4 is 16.0 Å². The summed E-state index contributed by atoms with van der Waals surface area (Å²) in [6.45, 7) is 4.16. The van der Waals surface area contributed by atoms with Gasteiger partial charge in [-0.2, -0.15) is 0 Å². The first-order valence-corrected chi connectivity index (χ1v) is 6.41. The molecule has 0 aromatic heterocycles. The van der Waals surface area contributed by atoms with Gasteiger partial charge in [-0.25, -0.2) is 4.79 Å². The molecule has 0 aliphatic carbocycles. The molecule has 2 atom stereocenters. The Morgan fingerprint density at radius 2 is 1.80 bits per heavy atom. The minimum Gasteiger partial charge on any atom is -0.481 e. The van der Waals surface area contributed by atoms with Crippen LogP contribution in [0.5, 0.6) is 0 Å². The molecule has 0 fully saturated rings. The molecule has 20 heavy (non-hydrogen) atoms. The van der Waals surface area contributed by atoms with E-state index in [1.165, 1.54) is 14.0 Å². The largest absolute Gasteiger partial charge is 0.481 e. The minimum absolute atomic E-state index is 0.153. The molecule has 0 saturated carbocycles. The van der Waals surface area contributed by atoms with Gasteiger partial charge in [-0.15, -0.1) is 0 Å². The van der Waals surface area contributed by atoms with E-state index in [0.29, 0.717) is 13.2 Å². The highest BCUT2D eigenvalue weighted by Crippen LogP contribution is 2.01. The number of carbonyl (C=O) groups excluding carboxylic acids is 2. The summed E-state index contributed by atoms with van der Waals surface area (Å²) in [5.41, 5.74) is 0. The Balaban J connectivity index is 3.78. The lowest BCUT2D eigenvalue weighted by molar-refractivity contribution is -0.141. The number of hydrogen-bond donors (Lipinski definition) is 4. The number of rotatable bonds is 9. The highest BCUT2D eigenvalue weighted by Gasteiger charge is 2.20. The number of methoxy groups -OCH3 is 1. The van der Waals surface area contributed by atoms with Gasteiger partial charge in [0.2, 0.25) is 5.91 Å². The summed E-state index contributed by atoms with van der Waals surface area (Å²) in [6, 6.07) is -0.988. The van der Waals surface area contributed by atoms with Crippen LogP contribution in [-0.2, 0) is 14.3 Å². The second kappa shape index (κ2) is 10.0. The maximum Gasteiger partial charge on any atom is 0.315 e. The zero-order chi connectivity index (χ0) is 15.5. The number of ether oxygens (including phenoxy) is 1. The van der Waals surface area contributed by atoms with Gasteiger partial charge in [-0.05, 0) is 13.8 Å². The summed E-state index contributed by atoms with van der Waals surface area (Å²) in [5, 5.41) is 16.4. The van der Waals surface area contributed by atoms with Crippen molar-refractivity contribution in [1.29, 1.82) is 0 Å². The van der Waals surface area contributed by atoms with Gasteiger partial charge in [-0.3, -0.25) is 9.59 Å². The third-order valence-corrected chi connectivity index (χ3v) is 2.76. The van der Waals surface area contributed by atoms with Crippen LogP contribution in [0.1, 0.15) is 20.3 Å². The van der Waals surface area contributed by atoms with Crippen molar-refractivity contribution < 1.29 is 24.2 Å². The number of urea groups is 1. The van der Waals surface area contributed by atoms with Crippen molar-refractivity contribution in [3.63, 3.8) is 0 Å². The Morgan fingerprint density at radius 3 is 2.35 bits per heavy atom. The van der Waals surface area contributed by atoms with Crippen LogP contribution in [0.15, 0.2) is 0 Å². The van der Waals surface area contributed by atoms with Crippen molar-refractivity contribution in [1.82, 2.24) is 16.0 Å². The van der Waals surface area contributed by atoms with Crippen molar-refractivity contribution in [2.75, 3.05) is 26.8 Å². The fraction of sp³-hybridized carbons (Fsp3) is 0.750. The van der Waals surface area contributed by atoms with Crippen LogP contribution in [0.2, 0.25) is 0 Å². The van der Waals surface area contributed by atoms with Crippen LogP contribution >= 0.6 is 0 Å². The summed E-state index contributed by atoms with van der Waals surface area (Å²) in [4.78, 5) is 33.5. The quantitative estimate of drug-likeness (QED) is 0.429. The molecule has 0 aliphatic rings. The average Bonchev–Trinajstić information content (AvgIpc) is 2.37. The van der Waals surface area contributed by atoms with Crippen LogP contribution in [0.3, 0.4) is 0 Å². The number of carbonyl (C=O) groups is 3. The van der Waals surface area contributed by atoms with Crippen molar-refractivity contribution >= 4 is 17.9 Å². The van der Waals surface area contributed by atoms with Gasteiger partial charge in [-0.1, -0.05) is 0 Å². The summed E-state index contributed by atoms with van der Waals surface area (Å²) < 4.78 is 4.78. The molecule has 0 bridgehead atoms. The number of carboxylic acids is 1. The zero-order valence-corrected chi connectivity index (χ0v) is 12.1. The van der Waals surface area contributed by atoms with Crippen LogP contribution in [0.25, 0.3) is 0 Å². The first kappa shape index (κ1) is 18.2. The zero-order valence-electron chi connectivity index (χ0n) is 12.1. The molecular weight excluding hydrogens is 266 g/mol. The highest BCUT2D eigenvalue weighted by molar-refractivity contribution is 5.78. The van der Waals surface area contributed by atoms with Crippen LogP contribution in [0.4, 0.5) is 4.79 Å². The van der Waals surface area contributed by atoms with E-state index in [1.807, 2.05) is 0 Å². The van der Waals surface area contributed by atoms with Gasteiger partial charge >= 0.3 is 12.0 Å². The lowest BCUT2D eigenvalue weighted by Crippen LogP contribution is -2.46. The maximum atomic E-state index is 11.5. The Bertz CT molecular complexity index is 335. The van der Waals surface area contributed by atoms with Gasteiger partial charge in [0.15, 0.2) is 0 Å². The second-order valence-corrected chi connectivity index (χ2v) is 4.41. The van der Waals surface area contributed by atoms with Gasteiger partial charge < -0.3 is 25.8 Å². The molecule has 0 heterocycles. The molecule has 0 rings (SSSR count). The van der Waals surface area contributed by atoms with E-state index in [2.05, 4.69) is 16.0 Å². The number of aliphatic carboxylic acids is 1. The third-order valence-electron chi connectivity index (χ3n) is 2.76. The van der Waals surface area contributed by atoms with E-state index in [-0.39, 0.29) is 18.9 Å². The van der Waals surface area contributed by atoms with E-state index in [1.54, 1.807) is 6.92 Å². The summed E-state index contributed by atoms with van der Waals surface area (Å²) in [6.07, 6.45) is 0.153. The van der Waals surface area contributed by atoms with E-state index in [4.69, 9.17) is 9.84 Å². The molecule has 0 aromatic carbocycles. The summed E-state index contributed by atoms with van der Waals surface area (Å²) >= 11 is 0. The average molecular weight is 289 g/mol. The first-order valence-electron chi connectivity index (χ1n) is 6.41. The lowest BCUT2D eigenvalue weighted by atomic mass is 10.0. The second-order valence-electron chi connectivity index (χ2n) is 4.41. The predicted octanol–water partition coefficient (Wildman–Crippen LogP) is -0.452. The molecule has 0 saturated heterocycles. The van der Waals surface area contributed by atoms with Gasteiger partial charge in [0.05, 0.1) is 12.5 Å². The van der Waals surface area contributed by atoms with Gasteiger partial charge in [0.1, 0.15) is 0 Å². The predicted molar refractivity (Wildman–Crippen MR) is 72.3 cm³/mol. The molecule has 4 N–H and O–H groups in total. The lowest BCUT2D eigenvalue weighted by Gasteiger charge is -2.18. The molecule has 0 aliphatic heterocycles. The molecule has 8 nitrogen and oxygen atoms in total. The van der Waals surface area contributed by atoms with Crippen molar-refractivity contribution in [2.24, 2.45) is 5.92 Å². The molecular formula is C12H23N3O5. The van der Waals surface area contributed by atoms with E-state index in [0.717, 1.165) is 0 Å². The Morgan fingerprint density at radius 1 is 1.15 bits per heavy atom. The number of nitrogens with one attached hydrogen (secondary N) is 3. The van der Waals surface area contributed by atoms with Crippen molar-refractivity contribution in [2.45, 2.75) is 26.3 Å². The van der Waals surface area contributed by atoms with Crippen LogP contribution in [-0.4, -0.2) is 55.9 Å². The van der Waals surface area contributed by atoms with Crippen LogP contribution in [0, 0.1) is 5.92 Å².